The molecule has 0 radical (unpaired) electrons. The highest BCUT2D eigenvalue weighted by molar-refractivity contribution is 5.89. The van der Waals surface area contributed by atoms with E-state index >= 15 is 0 Å². The minimum Gasteiger partial charge on any atom is -0.477 e. The van der Waals surface area contributed by atoms with Gasteiger partial charge in [0, 0.05) is 6.20 Å². The molecule has 0 spiro atoms. The van der Waals surface area contributed by atoms with Crippen LogP contribution in [0.15, 0.2) is 47.4 Å². The van der Waals surface area contributed by atoms with E-state index in [1.54, 1.807) is 12.3 Å². The second-order valence-corrected chi connectivity index (χ2v) is 6.84. The molecule has 4 nitrogen and oxygen atoms in total. The van der Waals surface area contributed by atoms with E-state index in [1.165, 1.54) is 9.96 Å². The lowest BCUT2D eigenvalue weighted by Crippen LogP contribution is -2.23. The van der Waals surface area contributed by atoms with Crippen molar-refractivity contribution >= 4 is 11.5 Å². The first kappa shape index (κ1) is 15.6. The number of hydrogen-bond acceptors (Lipinski definition) is 2. The van der Waals surface area contributed by atoms with Gasteiger partial charge in [-0.15, -0.1) is 0 Å². The number of nitrogens with zero attached hydrogens (tertiary/aromatic N) is 1. The normalized spacial score (nSPS) is 14.0. The SMILES string of the molecule is Cc1ccc(-c2ccn3c(=O)c(C(=O)O)cc(C4CC4)c3c2C)cc1. The lowest BCUT2D eigenvalue weighted by atomic mass is 9.96. The molecule has 0 saturated heterocycles. The molecule has 0 unspecified atom stereocenters. The van der Waals surface area contributed by atoms with Crippen LogP contribution in [0, 0.1) is 13.8 Å². The highest BCUT2D eigenvalue weighted by Gasteiger charge is 2.29. The summed E-state index contributed by atoms with van der Waals surface area (Å²) in [5.41, 5.74) is 5.60. The summed E-state index contributed by atoms with van der Waals surface area (Å²) >= 11 is 0. The van der Waals surface area contributed by atoms with Crippen molar-refractivity contribution in [3.05, 3.63) is 75.2 Å². The van der Waals surface area contributed by atoms with Crippen LogP contribution in [0.25, 0.3) is 16.6 Å². The molecule has 1 aliphatic rings. The van der Waals surface area contributed by atoms with Gasteiger partial charge in [0.1, 0.15) is 5.56 Å². The largest absolute Gasteiger partial charge is 0.477 e. The Morgan fingerprint density at radius 1 is 1.12 bits per heavy atom. The molecule has 1 saturated carbocycles. The zero-order valence-corrected chi connectivity index (χ0v) is 14.2. The Kier molecular flexibility index (Phi) is 3.49. The topological polar surface area (TPSA) is 58.8 Å². The number of carbonyl (C=O) groups is 1. The van der Waals surface area contributed by atoms with Crippen LogP contribution in [0.1, 0.15) is 45.8 Å². The molecule has 0 bridgehead atoms. The number of aromatic nitrogens is 1. The third-order valence-electron chi connectivity index (χ3n) is 5.02. The average Bonchev–Trinajstić information content (AvgIpc) is 3.41. The van der Waals surface area contributed by atoms with Gasteiger partial charge in [-0.2, -0.15) is 0 Å². The smallest absolute Gasteiger partial charge is 0.341 e. The van der Waals surface area contributed by atoms with E-state index in [1.807, 2.05) is 13.0 Å². The Morgan fingerprint density at radius 3 is 2.40 bits per heavy atom. The summed E-state index contributed by atoms with van der Waals surface area (Å²) in [5.74, 6) is -0.817. The fraction of sp³-hybridized carbons (Fsp3) is 0.238. The maximum Gasteiger partial charge on any atom is 0.341 e. The maximum absolute atomic E-state index is 12.6. The highest BCUT2D eigenvalue weighted by atomic mass is 16.4. The van der Waals surface area contributed by atoms with Gasteiger partial charge in [-0.25, -0.2) is 4.79 Å². The number of benzene rings is 1. The fourth-order valence-corrected chi connectivity index (χ4v) is 3.50. The number of carboxylic acids is 1. The van der Waals surface area contributed by atoms with E-state index < -0.39 is 11.5 Å². The molecule has 1 fully saturated rings. The van der Waals surface area contributed by atoms with E-state index in [2.05, 4.69) is 31.2 Å². The van der Waals surface area contributed by atoms with Crippen LogP contribution in [0.5, 0.6) is 0 Å². The number of pyridine rings is 2. The molecular weight excluding hydrogens is 314 g/mol. The molecule has 3 aromatic rings. The van der Waals surface area contributed by atoms with Crippen LogP contribution in [-0.2, 0) is 0 Å². The molecule has 2 aromatic heterocycles. The molecule has 0 aliphatic heterocycles. The number of fused-ring (bicyclic) bond motifs is 1. The molecule has 4 heteroatoms. The van der Waals surface area contributed by atoms with Gasteiger partial charge in [0.25, 0.3) is 5.56 Å². The molecule has 1 N–H and O–H groups in total. The van der Waals surface area contributed by atoms with Gasteiger partial charge in [-0.05, 0) is 67.0 Å². The minimum absolute atomic E-state index is 0.151. The van der Waals surface area contributed by atoms with Crippen LogP contribution in [0.3, 0.4) is 0 Å². The monoisotopic (exact) mass is 333 g/mol. The van der Waals surface area contributed by atoms with Crippen molar-refractivity contribution in [3.8, 4) is 11.1 Å². The molecule has 4 rings (SSSR count). The van der Waals surface area contributed by atoms with Crippen LogP contribution in [-0.4, -0.2) is 15.5 Å². The van der Waals surface area contributed by atoms with E-state index in [0.29, 0.717) is 5.92 Å². The summed E-state index contributed by atoms with van der Waals surface area (Å²) < 4.78 is 1.50. The van der Waals surface area contributed by atoms with Crippen molar-refractivity contribution in [3.63, 3.8) is 0 Å². The van der Waals surface area contributed by atoms with E-state index in [-0.39, 0.29) is 5.56 Å². The van der Waals surface area contributed by atoms with Crippen molar-refractivity contribution in [2.24, 2.45) is 0 Å². The number of aromatic carboxylic acids is 1. The number of rotatable bonds is 3. The van der Waals surface area contributed by atoms with Crippen LogP contribution in [0.4, 0.5) is 0 Å². The van der Waals surface area contributed by atoms with Crippen LogP contribution < -0.4 is 5.56 Å². The lowest BCUT2D eigenvalue weighted by molar-refractivity contribution is 0.0694. The number of carboxylic acid groups (broad SMARTS) is 1. The molecule has 0 atom stereocenters. The zero-order chi connectivity index (χ0) is 17.7. The second-order valence-electron chi connectivity index (χ2n) is 6.84. The number of aryl methyl sites for hydroxylation is 2. The van der Waals surface area contributed by atoms with Gasteiger partial charge in [0.2, 0.25) is 0 Å². The van der Waals surface area contributed by atoms with Crippen molar-refractivity contribution in [2.45, 2.75) is 32.6 Å². The van der Waals surface area contributed by atoms with Gasteiger partial charge in [-0.3, -0.25) is 9.20 Å². The Hall–Kier alpha value is -2.88. The first-order valence-corrected chi connectivity index (χ1v) is 8.46. The van der Waals surface area contributed by atoms with E-state index in [4.69, 9.17) is 0 Å². The molecule has 0 amide bonds. The summed E-state index contributed by atoms with van der Waals surface area (Å²) in [5, 5.41) is 9.37. The predicted octanol–water partition coefficient (Wildman–Crippen LogP) is 4.16. The first-order valence-electron chi connectivity index (χ1n) is 8.46. The van der Waals surface area contributed by atoms with E-state index in [9.17, 15) is 14.7 Å². The standard InChI is InChI=1S/C21H19NO3/c1-12-3-5-14(6-4-12)16-9-10-22-19(13(16)2)17(15-7-8-15)11-18(20(22)23)21(24)25/h3-6,9-11,15H,7-8H2,1-2H3,(H,24,25). The minimum atomic E-state index is -1.17. The summed E-state index contributed by atoms with van der Waals surface area (Å²) in [4.78, 5) is 24.0. The second kappa shape index (κ2) is 5.59. The van der Waals surface area contributed by atoms with Gasteiger partial charge in [0.05, 0.1) is 5.52 Å². The van der Waals surface area contributed by atoms with Crippen LogP contribution >= 0.6 is 0 Å². The van der Waals surface area contributed by atoms with E-state index in [0.717, 1.165) is 40.6 Å². The van der Waals surface area contributed by atoms with Crippen molar-refractivity contribution in [1.82, 2.24) is 4.40 Å². The Bertz CT molecular complexity index is 1060. The highest BCUT2D eigenvalue weighted by Crippen LogP contribution is 2.43. The van der Waals surface area contributed by atoms with Gasteiger partial charge in [0.15, 0.2) is 0 Å². The molecule has 2 heterocycles. The van der Waals surface area contributed by atoms with Gasteiger partial charge in [-0.1, -0.05) is 29.8 Å². The van der Waals surface area contributed by atoms with Gasteiger partial charge < -0.3 is 5.11 Å². The average molecular weight is 333 g/mol. The zero-order valence-electron chi connectivity index (χ0n) is 14.2. The molecule has 126 valence electrons. The fourth-order valence-electron chi connectivity index (χ4n) is 3.50. The molecule has 25 heavy (non-hydrogen) atoms. The third-order valence-corrected chi connectivity index (χ3v) is 5.02. The first-order chi connectivity index (χ1) is 12.0. The summed E-state index contributed by atoms with van der Waals surface area (Å²) in [6.45, 7) is 4.06. The Balaban J connectivity index is 2.05. The molecular formula is C21H19NO3. The summed E-state index contributed by atoms with van der Waals surface area (Å²) in [6, 6.07) is 11.8. The van der Waals surface area contributed by atoms with Crippen molar-refractivity contribution in [2.75, 3.05) is 0 Å². The lowest BCUT2D eigenvalue weighted by Gasteiger charge is -2.15. The summed E-state index contributed by atoms with van der Waals surface area (Å²) in [7, 11) is 0. The predicted molar refractivity (Wildman–Crippen MR) is 97.5 cm³/mol. The molecule has 1 aromatic carbocycles. The Labute approximate surface area is 145 Å². The van der Waals surface area contributed by atoms with Crippen molar-refractivity contribution < 1.29 is 9.90 Å². The third kappa shape index (κ3) is 2.54. The number of hydrogen-bond donors (Lipinski definition) is 1. The quantitative estimate of drug-likeness (QED) is 0.783. The van der Waals surface area contributed by atoms with Gasteiger partial charge >= 0.3 is 5.97 Å². The Morgan fingerprint density at radius 2 is 1.80 bits per heavy atom. The van der Waals surface area contributed by atoms with Crippen molar-refractivity contribution in [1.29, 1.82) is 0 Å². The maximum atomic E-state index is 12.6. The van der Waals surface area contributed by atoms with Crippen LogP contribution in [0.2, 0.25) is 0 Å². The summed E-state index contributed by atoms with van der Waals surface area (Å²) in [6.07, 6.45) is 3.79. The molecule has 1 aliphatic carbocycles.